The smallest absolute Gasteiger partial charge is 0.123 e. The van der Waals surface area contributed by atoms with Crippen molar-refractivity contribution in [2.45, 2.75) is 6.54 Å². The van der Waals surface area contributed by atoms with Gasteiger partial charge in [-0.15, -0.1) is 0 Å². The molecule has 2 aromatic carbocycles. The Kier molecular flexibility index (Phi) is 4.29. The van der Waals surface area contributed by atoms with Crippen LogP contribution in [0.5, 0.6) is 5.75 Å². The van der Waals surface area contributed by atoms with E-state index in [1.807, 2.05) is 25.2 Å². The molecule has 0 spiro atoms. The zero-order valence-electron chi connectivity index (χ0n) is 11.7. The van der Waals surface area contributed by atoms with E-state index in [1.54, 1.807) is 7.11 Å². The van der Waals surface area contributed by atoms with Crippen molar-refractivity contribution >= 4 is 11.4 Å². The highest BCUT2D eigenvalue weighted by Crippen LogP contribution is 2.23. The first-order valence-corrected chi connectivity index (χ1v) is 6.35. The molecule has 0 unspecified atom stereocenters. The molecular formula is C16H20N2O. The molecule has 0 aromatic heterocycles. The molecule has 0 aliphatic carbocycles. The number of nitrogens with zero attached hydrogens (tertiary/aromatic N) is 1. The van der Waals surface area contributed by atoms with Crippen LogP contribution >= 0.6 is 0 Å². The van der Waals surface area contributed by atoms with Gasteiger partial charge in [0.25, 0.3) is 0 Å². The molecule has 0 saturated heterocycles. The quantitative estimate of drug-likeness (QED) is 0.887. The van der Waals surface area contributed by atoms with Crippen LogP contribution in [0.25, 0.3) is 0 Å². The Morgan fingerprint density at radius 3 is 2.37 bits per heavy atom. The first kappa shape index (κ1) is 13.3. The monoisotopic (exact) mass is 256 g/mol. The minimum atomic E-state index is 0.822. The summed E-state index contributed by atoms with van der Waals surface area (Å²) in [6, 6.07) is 16.5. The van der Waals surface area contributed by atoms with E-state index in [1.165, 1.54) is 11.3 Å². The van der Waals surface area contributed by atoms with Crippen LogP contribution < -0.4 is 15.0 Å². The molecule has 0 fully saturated rings. The molecule has 100 valence electrons. The SMILES string of the molecule is CNc1ccc(N(C)Cc2ccccc2OC)cc1. The number of anilines is 2. The van der Waals surface area contributed by atoms with Crippen molar-refractivity contribution in [1.29, 1.82) is 0 Å². The van der Waals surface area contributed by atoms with E-state index < -0.39 is 0 Å². The second-order valence-electron chi connectivity index (χ2n) is 4.46. The number of para-hydroxylation sites is 1. The van der Waals surface area contributed by atoms with Crippen molar-refractivity contribution in [3.8, 4) is 5.75 Å². The maximum atomic E-state index is 5.38. The van der Waals surface area contributed by atoms with Crippen molar-refractivity contribution < 1.29 is 4.74 Å². The van der Waals surface area contributed by atoms with Crippen molar-refractivity contribution in [1.82, 2.24) is 0 Å². The molecule has 0 aliphatic heterocycles. The molecule has 19 heavy (non-hydrogen) atoms. The largest absolute Gasteiger partial charge is 0.496 e. The summed E-state index contributed by atoms with van der Waals surface area (Å²) >= 11 is 0. The lowest BCUT2D eigenvalue weighted by molar-refractivity contribution is 0.409. The van der Waals surface area contributed by atoms with Crippen LogP contribution in [0.1, 0.15) is 5.56 Å². The summed E-state index contributed by atoms with van der Waals surface area (Å²) in [5.41, 5.74) is 3.49. The number of methoxy groups -OCH3 is 1. The van der Waals surface area contributed by atoms with E-state index in [9.17, 15) is 0 Å². The molecule has 0 bridgehead atoms. The Labute approximate surface area is 114 Å². The standard InChI is InChI=1S/C16H20N2O/c1-17-14-8-10-15(11-9-14)18(2)12-13-6-4-5-7-16(13)19-3/h4-11,17H,12H2,1-3H3. The number of benzene rings is 2. The lowest BCUT2D eigenvalue weighted by Gasteiger charge is -2.21. The predicted molar refractivity (Wildman–Crippen MR) is 81.1 cm³/mol. The molecular weight excluding hydrogens is 236 g/mol. The van der Waals surface area contributed by atoms with Crippen LogP contribution in [0.2, 0.25) is 0 Å². The highest BCUT2D eigenvalue weighted by molar-refractivity contribution is 5.55. The Balaban J connectivity index is 2.13. The van der Waals surface area contributed by atoms with Gasteiger partial charge in [-0.05, 0) is 30.3 Å². The third kappa shape index (κ3) is 3.19. The number of ether oxygens (including phenoxy) is 1. The van der Waals surface area contributed by atoms with Crippen molar-refractivity contribution in [2.75, 3.05) is 31.4 Å². The maximum Gasteiger partial charge on any atom is 0.123 e. The van der Waals surface area contributed by atoms with Gasteiger partial charge in [0.2, 0.25) is 0 Å². The van der Waals surface area contributed by atoms with Gasteiger partial charge in [0.15, 0.2) is 0 Å². The van der Waals surface area contributed by atoms with Crippen LogP contribution in [-0.4, -0.2) is 21.2 Å². The van der Waals surface area contributed by atoms with Gasteiger partial charge in [-0.1, -0.05) is 18.2 Å². The zero-order valence-corrected chi connectivity index (χ0v) is 11.7. The molecule has 0 amide bonds. The van der Waals surface area contributed by atoms with Gasteiger partial charge in [-0.3, -0.25) is 0 Å². The first-order valence-electron chi connectivity index (χ1n) is 6.35. The number of rotatable bonds is 5. The first-order chi connectivity index (χ1) is 9.24. The molecule has 0 heterocycles. The molecule has 0 saturated carbocycles. The van der Waals surface area contributed by atoms with Crippen molar-refractivity contribution in [3.05, 3.63) is 54.1 Å². The second kappa shape index (κ2) is 6.14. The number of hydrogen-bond donors (Lipinski definition) is 1. The van der Waals surface area contributed by atoms with E-state index in [4.69, 9.17) is 4.74 Å². The summed E-state index contributed by atoms with van der Waals surface area (Å²) < 4.78 is 5.38. The molecule has 0 radical (unpaired) electrons. The molecule has 0 aliphatic rings. The predicted octanol–water partition coefficient (Wildman–Crippen LogP) is 3.37. The van der Waals surface area contributed by atoms with Gasteiger partial charge in [0.1, 0.15) is 5.75 Å². The molecule has 2 aromatic rings. The summed E-state index contributed by atoms with van der Waals surface area (Å²) in [5.74, 6) is 0.932. The van der Waals surface area contributed by atoms with E-state index in [0.29, 0.717) is 0 Å². The van der Waals surface area contributed by atoms with Crippen molar-refractivity contribution in [2.24, 2.45) is 0 Å². The Hall–Kier alpha value is -2.16. The summed E-state index contributed by atoms with van der Waals surface area (Å²) in [4.78, 5) is 2.21. The summed E-state index contributed by atoms with van der Waals surface area (Å²) in [6.45, 7) is 0.822. The van der Waals surface area contributed by atoms with Crippen LogP contribution in [0.4, 0.5) is 11.4 Å². The topological polar surface area (TPSA) is 24.5 Å². The van der Waals surface area contributed by atoms with Crippen LogP contribution in [0, 0.1) is 0 Å². The van der Waals surface area contributed by atoms with E-state index >= 15 is 0 Å². The Morgan fingerprint density at radius 2 is 1.74 bits per heavy atom. The van der Waals surface area contributed by atoms with Crippen LogP contribution in [0.3, 0.4) is 0 Å². The fourth-order valence-corrected chi connectivity index (χ4v) is 2.06. The lowest BCUT2D eigenvalue weighted by atomic mass is 10.1. The third-order valence-corrected chi connectivity index (χ3v) is 3.20. The zero-order chi connectivity index (χ0) is 13.7. The fourth-order valence-electron chi connectivity index (χ4n) is 2.06. The number of hydrogen-bond acceptors (Lipinski definition) is 3. The Bertz CT molecular complexity index is 523. The molecule has 3 nitrogen and oxygen atoms in total. The second-order valence-corrected chi connectivity index (χ2v) is 4.46. The molecule has 2 rings (SSSR count). The van der Waals surface area contributed by atoms with Gasteiger partial charge < -0.3 is 15.0 Å². The minimum absolute atomic E-state index is 0.822. The van der Waals surface area contributed by atoms with E-state index in [2.05, 4.69) is 47.6 Å². The minimum Gasteiger partial charge on any atom is -0.496 e. The highest BCUT2D eigenvalue weighted by Gasteiger charge is 2.06. The lowest BCUT2D eigenvalue weighted by Crippen LogP contribution is -2.16. The molecule has 0 atom stereocenters. The summed E-state index contributed by atoms with van der Waals surface area (Å²) in [7, 11) is 5.72. The van der Waals surface area contributed by atoms with Gasteiger partial charge in [0.05, 0.1) is 7.11 Å². The fraction of sp³-hybridized carbons (Fsp3) is 0.250. The summed E-state index contributed by atoms with van der Waals surface area (Å²) in [6.07, 6.45) is 0. The van der Waals surface area contributed by atoms with Gasteiger partial charge in [-0.2, -0.15) is 0 Å². The van der Waals surface area contributed by atoms with Crippen LogP contribution in [0.15, 0.2) is 48.5 Å². The van der Waals surface area contributed by atoms with E-state index in [-0.39, 0.29) is 0 Å². The average Bonchev–Trinajstić information content (AvgIpc) is 2.48. The maximum absolute atomic E-state index is 5.38. The van der Waals surface area contributed by atoms with Gasteiger partial charge >= 0.3 is 0 Å². The van der Waals surface area contributed by atoms with Gasteiger partial charge in [0, 0.05) is 37.6 Å². The highest BCUT2D eigenvalue weighted by atomic mass is 16.5. The number of nitrogens with one attached hydrogen (secondary N) is 1. The average molecular weight is 256 g/mol. The Morgan fingerprint density at radius 1 is 1.05 bits per heavy atom. The summed E-state index contributed by atoms with van der Waals surface area (Å²) in [5, 5.41) is 3.12. The van der Waals surface area contributed by atoms with Crippen LogP contribution in [-0.2, 0) is 6.54 Å². The van der Waals surface area contributed by atoms with Crippen molar-refractivity contribution in [3.63, 3.8) is 0 Å². The van der Waals surface area contributed by atoms with E-state index in [0.717, 1.165) is 18.0 Å². The third-order valence-electron chi connectivity index (χ3n) is 3.20. The molecule has 3 heteroatoms. The normalized spacial score (nSPS) is 10.1. The van der Waals surface area contributed by atoms with Gasteiger partial charge in [-0.25, -0.2) is 0 Å². The molecule has 1 N–H and O–H groups in total.